The second-order valence-electron chi connectivity index (χ2n) is 3.53. The molecule has 17 heavy (non-hydrogen) atoms. The minimum atomic E-state index is 0.730. The first kappa shape index (κ1) is 12.3. The number of nitrogens with one attached hydrogen (secondary N) is 1. The van der Waals surface area contributed by atoms with E-state index in [0.717, 1.165) is 26.9 Å². The highest BCUT2D eigenvalue weighted by molar-refractivity contribution is 7.98. The highest BCUT2D eigenvalue weighted by atomic mass is 35.5. The predicted octanol–water partition coefficient (Wildman–Crippen LogP) is 4.17. The van der Waals surface area contributed by atoms with Crippen molar-refractivity contribution in [2.24, 2.45) is 0 Å². The molecular weight excluding hydrogens is 252 g/mol. The van der Waals surface area contributed by atoms with Gasteiger partial charge in [-0.15, -0.1) is 11.8 Å². The van der Waals surface area contributed by atoms with Crippen LogP contribution in [-0.2, 0) is 0 Å². The summed E-state index contributed by atoms with van der Waals surface area (Å²) in [5, 5.41) is 4.90. The van der Waals surface area contributed by atoms with Gasteiger partial charge in [-0.1, -0.05) is 17.7 Å². The van der Waals surface area contributed by atoms with Gasteiger partial charge in [-0.25, -0.2) is 4.98 Å². The standard InChI is InChI=1S/C13H13ClN2S/c1-15-12-5-4-10(14)7-11(12)9-3-6-13(17-2)16-8-9/h3-8,15H,1-2H3. The summed E-state index contributed by atoms with van der Waals surface area (Å²) < 4.78 is 0. The topological polar surface area (TPSA) is 24.9 Å². The predicted molar refractivity (Wildman–Crippen MR) is 76.0 cm³/mol. The number of rotatable bonds is 3. The van der Waals surface area contributed by atoms with Crippen LogP contribution in [0, 0.1) is 0 Å². The lowest BCUT2D eigenvalue weighted by Crippen LogP contribution is -1.92. The molecule has 0 fully saturated rings. The molecule has 2 nitrogen and oxygen atoms in total. The molecule has 1 aromatic heterocycles. The molecule has 0 aliphatic rings. The zero-order valence-corrected chi connectivity index (χ0v) is 11.3. The van der Waals surface area contributed by atoms with Gasteiger partial charge in [-0.2, -0.15) is 0 Å². The number of hydrogen-bond acceptors (Lipinski definition) is 3. The molecule has 0 radical (unpaired) electrons. The van der Waals surface area contributed by atoms with Gasteiger partial charge in [0.2, 0.25) is 0 Å². The van der Waals surface area contributed by atoms with Crippen LogP contribution in [0.3, 0.4) is 0 Å². The number of hydrogen-bond donors (Lipinski definition) is 1. The van der Waals surface area contributed by atoms with E-state index in [-0.39, 0.29) is 0 Å². The van der Waals surface area contributed by atoms with E-state index in [4.69, 9.17) is 11.6 Å². The van der Waals surface area contributed by atoms with E-state index in [9.17, 15) is 0 Å². The Labute approximate surface area is 110 Å². The van der Waals surface area contributed by atoms with Crippen LogP contribution in [0.4, 0.5) is 5.69 Å². The fourth-order valence-electron chi connectivity index (χ4n) is 1.63. The summed E-state index contributed by atoms with van der Waals surface area (Å²) in [5.41, 5.74) is 3.18. The molecule has 2 aromatic rings. The Morgan fingerprint density at radius 1 is 1.24 bits per heavy atom. The van der Waals surface area contributed by atoms with Gasteiger partial charge in [-0.3, -0.25) is 0 Å². The van der Waals surface area contributed by atoms with Crippen LogP contribution < -0.4 is 5.32 Å². The van der Waals surface area contributed by atoms with Crippen molar-refractivity contribution in [3.63, 3.8) is 0 Å². The molecule has 88 valence electrons. The molecule has 0 unspecified atom stereocenters. The van der Waals surface area contributed by atoms with E-state index >= 15 is 0 Å². The van der Waals surface area contributed by atoms with Gasteiger partial charge >= 0.3 is 0 Å². The number of aromatic nitrogens is 1. The fourth-order valence-corrected chi connectivity index (χ4v) is 2.17. The summed E-state index contributed by atoms with van der Waals surface area (Å²) in [6.07, 6.45) is 3.89. The number of anilines is 1. The van der Waals surface area contributed by atoms with Gasteiger partial charge in [0.1, 0.15) is 0 Å². The molecular formula is C13H13ClN2S. The first-order valence-corrected chi connectivity index (χ1v) is 6.82. The summed E-state index contributed by atoms with van der Waals surface area (Å²) >= 11 is 7.66. The third-order valence-electron chi connectivity index (χ3n) is 2.51. The van der Waals surface area contributed by atoms with E-state index in [0.29, 0.717) is 0 Å². The fraction of sp³-hybridized carbons (Fsp3) is 0.154. The van der Waals surface area contributed by atoms with Gasteiger partial charge in [0, 0.05) is 35.1 Å². The van der Waals surface area contributed by atoms with Gasteiger partial charge in [0.05, 0.1) is 5.03 Å². The monoisotopic (exact) mass is 264 g/mol. The molecule has 1 N–H and O–H groups in total. The number of nitrogens with zero attached hydrogens (tertiary/aromatic N) is 1. The van der Waals surface area contributed by atoms with Crippen LogP contribution in [0.1, 0.15) is 0 Å². The van der Waals surface area contributed by atoms with Crippen molar-refractivity contribution in [3.8, 4) is 11.1 Å². The third kappa shape index (κ3) is 2.73. The maximum atomic E-state index is 6.03. The van der Waals surface area contributed by atoms with Crippen molar-refractivity contribution in [2.45, 2.75) is 5.03 Å². The Hall–Kier alpha value is -1.19. The Kier molecular flexibility index (Phi) is 3.92. The molecule has 0 spiro atoms. The van der Waals surface area contributed by atoms with Crippen molar-refractivity contribution in [1.82, 2.24) is 4.98 Å². The average molecular weight is 265 g/mol. The third-order valence-corrected chi connectivity index (χ3v) is 3.40. The van der Waals surface area contributed by atoms with Crippen molar-refractivity contribution in [1.29, 1.82) is 0 Å². The van der Waals surface area contributed by atoms with E-state index < -0.39 is 0 Å². The minimum Gasteiger partial charge on any atom is -0.388 e. The number of thioether (sulfide) groups is 1. The average Bonchev–Trinajstić information content (AvgIpc) is 2.39. The smallest absolute Gasteiger partial charge is 0.0957 e. The molecule has 0 saturated carbocycles. The molecule has 0 amide bonds. The second-order valence-corrected chi connectivity index (χ2v) is 4.79. The Balaban J connectivity index is 2.47. The van der Waals surface area contributed by atoms with Crippen molar-refractivity contribution in [2.75, 3.05) is 18.6 Å². The van der Waals surface area contributed by atoms with E-state index in [1.807, 2.05) is 43.8 Å². The van der Waals surface area contributed by atoms with E-state index in [2.05, 4.69) is 16.4 Å². The van der Waals surface area contributed by atoms with Crippen LogP contribution in [0.15, 0.2) is 41.6 Å². The summed E-state index contributed by atoms with van der Waals surface area (Å²) in [6, 6.07) is 9.87. The van der Waals surface area contributed by atoms with Crippen LogP contribution in [0.2, 0.25) is 5.02 Å². The Morgan fingerprint density at radius 3 is 2.65 bits per heavy atom. The summed E-state index contributed by atoms with van der Waals surface area (Å²) in [7, 11) is 1.90. The summed E-state index contributed by atoms with van der Waals surface area (Å²) in [5.74, 6) is 0. The lowest BCUT2D eigenvalue weighted by molar-refractivity contribution is 1.14. The zero-order valence-electron chi connectivity index (χ0n) is 9.70. The molecule has 0 aliphatic heterocycles. The van der Waals surface area contributed by atoms with Crippen LogP contribution >= 0.6 is 23.4 Å². The first-order valence-electron chi connectivity index (χ1n) is 5.22. The van der Waals surface area contributed by atoms with Crippen molar-refractivity contribution < 1.29 is 0 Å². The minimum absolute atomic E-state index is 0.730. The Bertz CT molecular complexity index is 511. The maximum absolute atomic E-state index is 6.03. The van der Waals surface area contributed by atoms with Gasteiger partial charge in [-0.05, 0) is 30.5 Å². The van der Waals surface area contributed by atoms with Crippen molar-refractivity contribution in [3.05, 3.63) is 41.6 Å². The van der Waals surface area contributed by atoms with Gasteiger partial charge < -0.3 is 5.32 Å². The summed E-state index contributed by atoms with van der Waals surface area (Å²) in [4.78, 5) is 4.37. The number of halogens is 1. The molecule has 0 atom stereocenters. The van der Waals surface area contributed by atoms with Crippen molar-refractivity contribution >= 4 is 29.1 Å². The molecule has 4 heteroatoms. The molecule has 1 heterocycles. The van der Waals surface area contributed by atoms with Gasteiger partial charge in [0.25, 0.3) is 0 Å². The highest BCUT2D eigenvalue weighted by Gasteiger charge is 2.05. The SMILES string of the molecule is CNc1ccc(Cl)cc1-c1ccc(SC)nc1. The number of pyridine rings is 1. The first-order chi connectivity index (χ1) is 8.24. The van der Waals surface area contributed by atoms with Crippen LogP contribution in [-0.4, -0.2) is 18.3 Å². The lowest BCUT2D eigenvalue weighted by atomic mass is 10.1. The molecule has 1 aromatic carbocycles. The molecule has 0 bridgehead atoms. The summed E-state index contributed by atoms with van der Waals surface area (Å²) in [6.45, 7) is 0. The van der Waals surface area contributed by atoms with Crippen LogP contribution in [0.25, 0.3) is 11.1 Å². The highest BCUT2D eigenvalue weighted by Crippen LogP contribution is 2.30. The second kappa shape index (κ2) is 5.43. The van der Waals surface area contributed by atoms with E-state index in [1.54, 1.807) is 11.8 Å². The van der Waals surface area contributed by atoms with Crippen LogP contribution in [0.5, 0.6) is 0 Å². The molecule has 0 aliphatic carbocycles. The molecule has 0 saturated heterocycles. The normalized spacial score (nSPS) is 10.3. The maximum Gasteiger partial charge on any atom is 0.0957 e. The molecule has 2 rings (SSSR count). The van der Waals surface area contributed by atoms with E-state index in [1.165, 1.54) is 0 Å². The Morgan fingerprint density at radius 2 is 2.06 bits per heavy atom. The largest absolute Gasteiger partial charge is 0.388 e. The number of benzene rings is 1. The lowest BCUT2D eigenvalue weighted by Gasteiger charge is -2.09. The zero-order chi connectivity index (χ0) is 12.3. The van der Waals surface area contributed by atoms with Gasteiger partial charge in [0.15, 0.2) is 0 Å². The quantitative estimate of drug-likeness (QED) is 0.843.